The fourth-order valence-corrected chi connectivity index (χ4v) is 30.2. The van der Waals surface area contributed by atoms with Crippen LogP contribution in [-0.2, 0) is 0 Å². The van der Waals surface area contributed by atoms with E-state index in [-0.39, 0.29) is 21.7 Å². The van der Waals surface area contributed by atoms with Gasteiger partial charge in [-0.3, -0.25) is 0 Å². The summed E-state index contributed by atoms with van der Waals surface area (Å²) in [6.07, 6.45) is 9.90. The molecule has 0 heterocycles. The molecule has 12 heavy (non-hydrogen) atoms. The lowest BCUT2D eigenvalue weighted by molar-refractivity contribution is 1.52. The van der Waals surface area contributed by atoms with E-state index in [1.54, 1.807) is 0 Å². The molecule has 72 valence electrons. The van der Waals surface area contributed by atoms with Gasteiger partial charge in [-0.05, 0) is 20.9 Å². The Labute approximate surface area is 80.3 Å². The fourth-order valence-electron chi connectivity index (χ4n) is 1.63. The highest BCUT2D eigenvalue weighted by Gasteiger charge is 2.27. The summed E-state index contributed by atoms with van der Waals surface area (Å²) in [7, 11) is 0.433. The van der Waals surface area contributed by atoms with E-state index in [0.717, 1.165) is 0 Å². The van der Waals surface area contributed by atoms with E-state index in [9.17, 15) is 0 Å². The molecule has 0 aromatic rings. The average molecular weight is 241 g/mol. The lowest BCUT2D eigenvalue weighted by atomic mass is 11.0. The second-order valence-electron chi connectivity index (χ2n) is 3.21. The van der Waals surface area contributed by atoms with Gasteiger partial charge < -0.3 is 0 Å². The lowest BCUT2D eigenvalue weighted by Gasteiger charge is -2.21. The lowest BCUT2D eigenvalue weighted by Crippen LogP contribution is -1.75. The fraction of sp³-hybridized carbons (Fsp3) is 0.750. The van der Waals surface area contributed by atoms with Crippen LogP contribution in [0.2, 0.25) is 0 Å². The van der Waals surface area contributed by atoms with Crippen molar-refractivity contribution in [2.75, 3.05) is 32.8 Å². The summed E-state index contributed by atoms with van der Waals surface area (Å²) in [6, 6.07) is 0. The third kappa shape index (κ3) is 2.36. The summed E-state index contributed by atoms with van der Waals surface area (Å²) >= 11 is 0. The molecule has 0 radical (unpaired) electrons. The van der Waals surface area contributed by atoms with Crippen LogP contribution >= 0.6 is 27.6 Å². The maximum absolute atomic E-state index is 4.26. The van der Waals surface area contributed by atoms with Crippen LogP contribution in [0, 0.1) is 0 Å². The topological polar surface area (TPSA) is 0 Å². The molecular formula is C8H21P4+. The highest BCUT2D eigenvalue weighted by atomic mass is 32.6. The summed E-state index contributed by atoms with van der Waals surface area (Å²) < 4.78 is 0. The van der Waals surface area contributed by atoms with Gasteiger partial charge in [0.25, 0.3) is 0 Å². The predicted octanol–water partition coefficient (Wildman–Crippen LogP) is 4.60. The Morgan fingerprint density at radius 2 is 1.67 bits per heavy atom. The monoisotopic (exact) mass is 241 g/mol. The zero-order valence-electron chi connectivity index (χ0n) is 8.91. The molecule has 1 unspecified atom stereocenters. The number of hydrogen-bond acceptors (Lipinski definition) is 0. The molecule has 0 rings (SSSR count). The van der Waals surface area contributed by atoms with Crippen molar-refractivity contribution in [2.24, 2.45) is 0 Å². The molecule has 4 heteroatoms. The van der Waals surface area contributed by atoms with E-state index in [1.165, 1.54) is 6.16 Å². The standard InChI is InChI=1S/C8H21P4/c1-8-12(9(2)3,10(4)5)11(6)7/h2-3,8H2,1,4-7H3/q+1. The minimum atomic E-state index is -0.721. The summed E-state index contributed by atoms with van der Waals surface area (Å²) in [6.45, 7) is 11.9. The number of rotatable bonds is 3. The normalized spacial score (nSPS) is 15.8. The molecule has 0 aliphatic rings. The highest BCUT2D eigenvalue weighted by molar-refractivity contribution is 8.75. The van der Waals surface area contributed by atoms with Gasteiger partial charge in [0.05, 0.1) is 20.5 Å². The van der Waals surface area contributed by atoms with Crippen LogP contribution in [0.25, 0.3) is 0 Å². The SMILES string of the molecule is C=P(=C)P(CC)(P(C)C)=[P+](C)C. The molecule has 0 aromatic heterocycles. The Balaban J connectivity index is 5.55. The Morgan fingerprint density at radius 1 is 1.25 bits per heavy atom. The first-order valence-corrected chi connectivity index (χ1v) is 14.3. The van der Waals surface area contributed by atoms with E-state index in [0.29, 0.717) is 0 Å². The average Bonchev–Trinajstić information content (AvgIpc) is 1.86. The molecule has 1 atom stereocenters. The zero-order valence-corrected chi connectivity index (χ0v) is 12.5. The van der Waals surface area contributed by atoms with Gasteiger partial charge in [-0.15, -0.1) is 0 Å². The van der Waals surface area contributed by atoms with Gasteiger partial charge in [-0.1, -0.05) is 26.4 Å². The largest absolute Gasteiger partial charge is 0.108 e. The van der Waals surface area contributed by atoms with Gasteiger partial charge >= 0.3 is 0 Å². The third-order valence-electron chi connectivity index (χ3n) is 2.16. The van der Waals surface area contributed by atoms with E-state index in [2.05, 4.69) is 46.2 Å². The van der Waals surface area contributed by atoms with Crippen LogP contribution in [0.15, 0.2) is 0 Å². The first-order valence-electron chi connectivity index (χ1n) is 4.04. The third-order valence-corrected chi connectivity index (χ3v) is 36.9. The van der Waals surface area contributed by atoms with Crippen LogP contribution in [0.5, 0.6) is 0 Å². The zero-order chi connectivity index (χ0) is 9.94. The summed E-state index contributed by atoms with van der Waals surface area (Å²) in [4.78, 5) is 0. The van der Waals surface area contributed by atoms with Crippen molar-refractivity contribution in [1.29, 1.82) is 0 Å². The first-order chi connectivity index (χ1) is 5.39. The second-order valence-corrected chi connectivity index (χ2v) is 25.1. The highest BCUT2D eigenvalue weighted by Crippen LogP contribution is 2.90. The molecule has 0 N–H and O–H groups in total. The Hall–Kier alpha value is 1.20. The summed E-state index contributed by atoms with van der Waals surface area (Å²) in [5.41, 5.74) is 0. The molecule has 0 aliphatic carbocycles. The molecule has 0 aliphatic heterocycles. The summed E-state index contributed by atoms with van der Waals surface area (Å²) in [5.74, 6) is -0.721. The van der Waals surface area contributed by atoms with Crippen LogP contribution in [0.4, 0.5) is 0 Å². The van der Waals surface area contributed by atoms with Gasteiger partial charge in [-0.25, -0.2) is 0 Å². The van der Waals surface area contributed by atoms with Crippen molar-refractivity contribution in [3.8, 4) is 0 Å². The van der Waals surface area contributed by atoms with Crippen molar-refractivity contribution in [2.45, 2.75) is 6.92 Å². The molecule has 0 aromatic carbocycles. The van der Waals surface area contributed by atoms with Crippen molar-refractivity contribution < 1.29 is 0 Å². The minimum Gasteiger partial charge on any atom is -0.0720 e. The van der Waals surface area contributed by atoms with Crippen molar-refractivity contribution >= 4 is 40.2 Å². The van der Waals surface area contributed by atoms with Gasteiger partial charge in [0.2, 0.25) is 0 Å². The maximum atomic E-state index is 4.26. The Bertz CT molecular complexity index is 259. The predicted molar refractivity (Wildman–Crippen MR) is 76.2 cm³/mol. The van der Waals surface area contributed by atoms with Gasteiger partial charge in [-0.2, -0.15) is 0 Å². The molecule has 0 amide bonds. The quantitative estimate of drug-likeness (QED) is 0.633. The van der Waals surface area contributed by atoms with E-state index in [1.807, 2.05) is 0 Å². The number of hydrogen-bond donors (Lipinski definition) is 0. The van der Waals surface area contributed by atoms with Crippen molar-refractivity contribution in [3.63, 3.8) is 0 Å². The van der Waals surface area contributed by atoms with Gasteiger partial charge in [0, 0.05) is 6.16 Å². The molecular weight excluding hydrogens is 220 g/mol. The summed E-state index contributed by atoms with van der Waals surface area (Å²) in [5, 5.41) is 0. The van der Waals surface area contributed by atoms with Gasteiger partial charge in [0.1, 0.15) is 5.93 Å². The Morgan fingerprint density at radius 3 is 1.67 bits per heavy atom. The Kier molecular flexibility index (Phi) is 5.69. The van der Waals surface area contributed by atoms with Crippen LogP contribution in [0.1, 0.15) is 6.92 Å². The molecule has 0 spiro atoms. The van der Waals surface area contributed by atoms with Gasteiger partial charge in [0.15, 0.2) is 0 Å². The second kappa shape index (κ2) is 5.17. The van der Waals surface area contributed by atoms with Crippen molar-refractivity contribution in [3.05, 3.63) is 0 Å². The molecule has 0 fully saturated rings. The van der Waals surface area contributed by atoms with E-state index < -0.39 is 5.93 Å². The van der Waals surface area contributed by atoms with Crippen LogP contribution in [0.3, 0.4) is 0 Å². The smallest absolute Gasteiger partial charge is 0.0720 e. The van der Waals surface area contributed by atoms with E-state index >= 15 is 0 Å². The molecule has 0 bridgehead atoms. The molecule has 0 nitrogen and oxygen atoms in total. The first kappa shape index (κ1) is 13.2. The molecule has 0 saturated carbocycles. The maximum Gasteiger partial charge on any atom is 0.108 e. The molecule has 0 saturated heterocycles. The van der Waals surface area contributed by atoms with E-state index in [4.69, 9.17) is 0 Å². The van der Waals surface area contributed by atoms with Crippen LogP contribution in [-0.4, -0.2) is 45.4 Å². The minimum absolute atomic E-state index is 0.158. The van der Waals surface area contributed by atoms with Crippen molar-refractivity contribution in [1.82, 2.24) is 0 Å². The van der Waals surface area contributed by atoms with Crippen LogP contribution < -0.4 is 0 Å².